The van der Waals surface area contributed by atoms with E-state index in [9.17, 15) is 4.79 Å². The van der Waals surface area contributed by atoms with Crippen LogP contribution in [0, 0.1) is 0 Å². The van der Waals surface area contributed by atoms with E-state index in [2.05, 4.69) is 27.6 Å². The molecule has 0 saturated carbocycles. The van der Waals surface area contributed by atoms with Crippen LogP contribution in [0.15, 0.2) is 71.1 Å². The van der Waals surface area contributed by atoms with Crippen molar-refractivity contribution in [1.82, 2.24) is 10.4 Å². The number of aromatic nitrogens is 1. The highest BCUT2D eigenvalue weighted by Gasteiger charge is 2.08. The average molecular weight is 363 g/mol. The number of hydrazone groups is 1. The lowest BCUT2D eigenvalue weighted by atomic mass is 10.1. The maximum Gasteiger partial charge on any atom is 0.246 e. The Labute approximate surface area is 157 Å². The highest BCUT2D eigenvalue weighted by Crippen LogP contribution is 2.21. The van der Waals surface area contributed by atoms with Gasteiger partial charge >= 0.3 is 0 Å². The Kier molecular flexibility index (Phi) is 6.28. The molecule has 0 aliphatic heterocycles. The highest BCUT2D eigenvalue weighted by molar-refractivity contribution is 7.10. The molecule has 26 heavy (non-hydrogen) atoms. The zero-order chi connectivity index (χ0) is 18.2. The normalized spacial score (nSPS) is 11.3. The van der Waals surface area contributed by atoms with Crippen LogP contribution in [0.4, 0.5) is 0 Å². The van der Waals surface area contributed by atoms with Crippen molar-refractivity contribution < 1.29 is 4.79 Å². The zero-order valence-corrected chi connectivity index (χ0v) is 15.5. The minimum atomic E-state index is -0.141. The molecule has 0 aliphatic carbocycles. The van der Waals surface area contributed by atoms with E-state index in [1.54, 1.807) is 0 Å². The number of hydrogen-bond donors (Lipinski definition) is 1. The topological polar surface area (TPSA) is 54.4 Å². The molecule has 1 amide bonds. The van der Waals surface area contributed by atoms with Gasteiger partial charge in [-0.1, -0.05) is 60.7 Å². The number of thiazole rings is 1. The number of carbonyl (C=O) groups excluding carboxylic acids is 1. The van der Waals surface area contributed by atoms with Crippen molar-refractivity contribution in [3.63, 3.8) is 0 Å². The lowest BCUT2D eigenvalue weighted by Crippen LogP contribution is -2.21. The number of nitrogens with one attached hydrogen (secondary N) is 1. The summed E-state index contributed by atoms with van der Waals surface area (Å²) < 4.78 is 0. The minimum absolute atomic E-state index is 0.141. The Hall–Kier alpha value is -2.79. The van der Waals surface area contributed by atoms with Crippen LogP contribution in [0.3, 0.4) is 0 Å². The summed E-state index contributed by atoms with van der Waals surface area (Å²) in [6.07, 6.45) is 1.98. The third-order valence-electron chi connectivity index (χ3n) is 3.92. The van der Waals surface area contributed by atoms with Crippen molar-refractivity contribution in [2.24, 2.45) is 5.10 Å². The van der Waals surface area contributed by atoms with Crippen molar-refractivity contribution in [2.75, 3.05) is 0 Å². The first-order valence-electron chi connectivity index (χ1n) is 8.56. The van der Waals surface area contributed by atoms with Gasteiger partial charge in [-0.25, -0.2) is 10.4 Å². The average Bonchev–Trinajstić information content (AvgIpc) is 3.15. The molecule has 0 bridgehead atoms. The van der Waals surface area contributed by atoms with Gasteiger partial charge in [0, 0.05) is 16.7 Å². The van der Waals surface area contributed by atoms with Gasteiger partial charge in [0.25, 0.3) is 0 Å². The molecule has 4 nitrogen and oxygen atoms in total. The number of hydrogen-bond acceptors (Lipinski definition) is 4. The zero-order valence-electron chi connectivity index (χ0n) is 14.7. The summed E-state index contributed by atoms with van der Waals surface area (Å²) in [6.45, 7) is 1.93. The molecule has 3 aromatic rings. The molecule has 0 radical (unpaired) electrons. The van der Waals surface area contributed by atoms with Gasteiger partial charge in [0.2, 0.25) is 5.91 Å². The first kappa shape index (κ1) is 18.0. The van der Waals surface area contributed by atoms with Gasteiger partial charge in [-0.3, -0.25) is 4.79 Å². The van der Waals surface area contributed by atoms with Crippen LogP contribution in [0.5, 0.6) is 0 Å². The fourth-order valence-electron chi connectivity index (χ4n) is 2.49. The van der Waals surface area contributed by atoms with Crippen LogP contribution < -0.4 is 5.43 Å². The number of rotatable bonds is 7. The van der Waals surface area contributed by atoms with Gasteiger partial charge in [-0.15, -0.1) is 11.3 Å². The molecule has 1 heterocycles. The quantitative estimate of drug-likeness (QED) is 0.497. The van der Waals surface area contributed by atoms with E-state index >= 15 is 0 Å². The standard InChI is InChI=1S/C21H21N3OS/c1-16(12-13-17-8-4-2-5-9-17)23-24-20(25)14-21-22-19(15-26-21)18-10-6-3-7-11-18/h2-11,15H,12-14H2,1H3,(H,24,25)/b23-16-. The van der Waals surface area contributed by atoms with Gasteiger partial charge < -0.3 is 0 Å². The number of amides is 1. The lowest BCUT2D eigenvalue weighted by molar-refractivity contribution is -0.120. The van der Waals surface area contributed by atoms with Crippen LogP contribution in [-0.2, 0) is 17.6 Å². The SMILES string of the molecule is C/C(CCc1ccccc1)=N/NC(=O)Cc1nc(-c2ccccc2)cs1. The molecule has 0 saturated heterocycles. The monoisotopic (exact) mass is 363 g/mol. The van der Waals surface area contributed by atoms with Gasteiger partial charge in [-0.2, -0.15) is 5.10 Å². The molecule has 3 rings (SSSR count). The Morgan fingerprint density at radius 2 is 1.77 bits per heavy atom. The molecule has 1 N–H and O–H groups in total. The summed E-state index contributed by atoms with van der Waals surface area (Å²) in [4.78, 5) is 16.6. The van der Waals surface area contributed by atoms with Gasteiger partial charge in [0.15, 0.2) is 0 Å². The number of benzene rings is 2. The molecule has 0 fully saturated rings. The van der Waals surface area contributed by atoms with Crippen molar-refractivity contribution >= 4 is 23.0 Å². The molecule has 0 spiro atoms. The number of nitrogens with zero attached hydrogens (tertiary/aromatic N) is 2. The fraction of sp³-hybridized carbons (Fsp3) is 0.190. The van der Waals surface area contributed by atoms with Crippen LogP contribution in [0.2, 0.25) is 0 Å². The van der Waals surface area contributed by atoms with Gasteiger partial charge in [0.1, 0.15) is 5.01 Å². The third kappa shape index (κ3) is 5.36. The van der Waals surface area contributed by atoms with Crippen LogP contribution >= 0.6 is 11.3 Å². The molecule has 132 valence electrons. The molecular formula is C21H21N3OS. The summed E-state index contributed by atoms with van der Waals surface area (Å²) in [5.74, 6) is -0.141. The maximum absolute atomic E-state index is 12.1. The van der Waals surface area contributed by atoms with E-state index in [0.717, 1.165) is 34.8 Å². The second-order valence-corrected chi connectivity index (χ2v) is 6.98. The van der Waals surface area contributed by atoms with Crippen molar-refractivity contribution in [2.45, 2.75) is 26.2 Å². The largest absolute Gasteiger partial charge is 0.273 e. The first-order valence-corrected chi connectivity index (χ1v) is 9.44. The van der Waals surface area contributed by atoms with E-state index < -0.39 is 0 Å². The van der Waals surface area contributed by atoms with E-state index in [0.29, 0.717) is 0 Å². The molecule has 2 aromatic carbocycles. The fourth-order valence-corrected chi connectivity index (χ4v) is 3.30. The summed E-state index contributed by atoms with van der Waals surface area (Å²) in [7, 11) is 0. The van der Waals surface area contributed by atoms with E-state index in [4.69, 9.17) is 0 Å². The Morgan fingerprint density at radius 3 is 2.50 bits per heavy atom. The van der Waals surface area contributed by atoms with E-state index in [-0.39, 0.29) is 12.3 Å². The lowest BCUT2D eigenvalue weighted by Gasteiger charge is -2.02. The smallest absolute Gasteiger partial charge is 0.246 e. The van der Waals surface area contributed by atoms with E-state index in [1.165, 1.54) is 16.9 Å². The second-order valence-electron chi connectivity index (χ2n) is 6.04. The van der Waals surface area contributed by atoms with Crippen LogP contribution in [0.25, 0.3) is 11.3 Å². The molecule has 0 unspecified atom stereocenters. The molecule has 0 atom stereocenters. The molecule has 1 aromatic heterocycles. The Bertz CT molecular complexity index is 873. The van der Waals surface area contributed by atoms with Crippen molar-refractivity contribution in [1.29, 1.82) is 0 Å². The summed E-state index contributed by atoms with van der Waals surface area (Å²) in [5.41, 5.74) is 6.77. The number of carbonyl (C=O) groups is 1. The second kappa shape index (κ2) is 9.06. The number of aryl methyl sites for hydroxylation is 1. The summed E-state index contributed by atoms with van der Waals surface area (Å²) in [6, 6.07) is 20.2. The van der Waals surface area contributed by atoms with Crippen molar-refractivity contribution in [3.8, 4) is 11.3 Å². The molecular weight excluding hydrogens is 342 g/mol. The van der Waals surface area contributed by atoms with Gasteiger partial charge in [-0.05, 0) is 25.3 Å². The van der Waals surface area contributed by atoms with E-state index in [1.807, 2.05) is 60.8 Å². The third-order valence-corrected chi connectivity index (χ3v) is 4.77. The van der Waals surface area contributed by atoms with Crippen molar-refractivity contribution in [3.05, 3.63) is 76.6 Å². The Morgan fingerprint density at radius 1 is 1.08 bits per heavy atom. The van der Waals surface area contributed by atoms with Crippen LogP contribution in [-0.4, -0.2) is 16.6 Å². The first-order chi connectivity index (χ1) is 12.7. The predicted octanol–water partition coefficient (Wildman–Crippen LogP) is 4.48. The summed E-state index contributed by atoms with van der Waals surface area (Å²) in [5, 5.41) is 6.96. The Balaban J connectivity index is 1.48. The summed E-state index contributed by atoms with van der Waals surface area (Å²) >= 11 is 1.49. The highest BCUT2D eigenvalue weighted by atomic mass is 32.1. The van der Waals surface area contributed by atoms with Gasteiger partial charge in [0.05, 0.1) is 12.1 Å². The minimum Gasteiger partial charge on any atom is -0.273 e. The molecule has 0 aliphatic rings. The predicted molar refractivity (Wildman–Crippen MR) is 107 cm³/mol. The molecule has 5 heteroatoms. The maximum atomic E-state index is 12.1. The van der Waals surface area contributed by atoms with Crippen LogP contribution in [0.1, 0.15) is 23.9 Å².